The molecule has 1 N–H and O–H groups in total. The molecule has 7 nitrogen and oxygen atoms in total. The molecule has 1 aliphatic heterocycles. The predicted molar refractivity (Wildman–Crippen MR) is 100 cm³/mol. The van der Waals surface area contributed by atoms with Gasteiger partial charge in [-0.3, -0.25) is 9.35 Å². The number of ether oxygens (including phenoxy) is 3. The highest BCUT2D eigenvalue weighted by molar-refractivity contribution is 7.85. The van der Waals surface area contributed by atoms with Crippen LogP contribution < -0.4 is 9.47 Å². The molecule has 0 saturated heterocycles. The number of thiophene rings is 1. The Morgan fingerprint density at radius 2 is 1.78 bits per heavy atom. The van der Waals surface area contributed by atoms with E-state index in [1.165, 1.54) is 11.3 Å². The van der Waals surface area contributed by atoms with Crippen molar-refractivity contribution < 1.29 is 32.0 Å². The van der Waals surface area contributed by atoms with Gasteiger partial charge in [0.15, 0.2) is 17.3 Å². The van der Waals surface area contributed by atoms with Crippen molar-refractivity contribution in [1.29, 1.82) is 0 Å². The van der Waals surface area contributed by atoms with E-state index >= 15 is 0 Å². The Morgan fingerprint density at radius 1 is 1.15 bits per heavy atom. The van der Waals surface area contributed by atoms with Gasteiger partial charge in [0.25, 0.3) is 10.1 Å². The molecule has 27 heavy (non-hydrogen) atoms. The van der Waals surface area contributed by atoms with Crippen molar-refractivity contribution in [2.45, 2.75) is 6.42 Å². The Morgan fingerprint density at radius 3 is 2.37 bits per heavy atom. The molecular formula is C18H20O7S2. The lowest BCUT2D eigenvalue weighted by molar-refractivity contribution is 0.00398. The van der Waals surface area contributed by atoms with Gasteiger partial charge in [0.1, 0.15) is 18.6 Å². The summed E-state index contributed by atoms with van der Waals surface area (Å²) in [5.41, 5.74) is -0.536. The molecule has 0 saturated carbocycles. The zero-order valence-corrected chi connectivity index (χ0v) is 16.1. The molecule has 146 valence electrons. The third-order valence-electron chi connectivity index (χ3n) is 4.19. The molecule has 3 rings (SSSR count). The predicted octanol–water partition coefficient (Wildman–Crippen LogP) is 2.68. The standard InChI is InChI=1S/C18H20O7S2/c19-17(14-5-2-1-3-6-14)18(11-23-7-4-8-27(20,21)22)12-24-15-9-26-10-16(15)25-13-18/h1-3,5-6,9-10H,4,7-8,11-13H2,(H,20,21,22). The molecule has 1 aliphatic rings. The third kappa shape index (κ3) is 5.07. The van der Waals surface area contributed by atoms with Crippen molar-refractivity contribution in [2.24, 2.45) is 5.41 Å². The normalized spacial score (nSPS) is 15.9. The smallest absolute Gasteiger partial charge is 0.264 e. The zero-order valence-electron chi connectivity index (χ0n) is 14.5. The Labute approximate surface area is 161 Å². The quantitative estimate of drug-likeness (QED) is 0.404. The summed E-state index contributed by atoms with van der Waals surface area (Å²) < 4.78 is 47.6. The molecule has 2 aromatic rings. The van der Waals surface area contributed by atoms with Crippen LogP contribution in [-0.4, -0.2) is 50.9 Å². The second-order valence-corrected chi connectivity index (χ2v) is 8.66. The maximum Gasteiger partial charge on any atom is 0.264 e. The fourth-order valence-electron chi connectivity index (χ4n) is 2.74. The highest BCUT2D eigenvalue weighted by atomic mass is 32.2. The van der Waals surface area contributed by atoms with Crippen molar-refractivity contribution >= 4 is 27.2 Å². The number of rotatable bonds is 8. The van der Waals surface area contributed by atoms with Gasteiger partial charge in [-0.2, -0.15) is 8.42 Å². The first-order valence-electron chi connectivity index (χ1n) is 8.34. The lowest BCUT2D eigenvalue weighted by atomic mass is 9.82. The average molecular weight is 412 g/mol. The summed E-state index contributed by atoms with van der Waals surface area (Å²) in [6.45, 7) is 0.274. The minimum atomic E-state index is -4.03. The first-order valence-corrected chi connectivity index (χ1v) is 10.9. The van der Waals surface area contributed by atoms with Crippen LogP contribution in [0, 0.1) is 5.41 Å². The minimum Gasteiger partial charge on any atom is -0.488 e. The number of hydrogen-bond donors (Lipinski definition) is 1. The van der Waals surface area contributed by atoms with E-state index in [1.54, 1.807) is 24.3 Å². The number of ketones is 1. The topological polar surface area (TPSA) is 99.1 Å². The Kier molecular flexibility index (Phi) is 6.15. The van der Waals surface area contributed by atoms with Crippen molar-refractivity contribution in [3.05, 3.63) is 46.7 Å². The number of fused-ring (bicyclic) bond motifs is 1. The van der Waals surface area contributed by atoms with Gasteiger partial charge < -0.3 is 14.2 Å². The van der Waals surface area contributed by atoms with E-state index in [0.29, 0.717) is 17.1 Å². The van der Waals surface area contributed by atoms with E-state index in [0.717, 1.165) is 0 Å². The lowest BCUT2D eigenvalue weighted by Crippen LogP contribution is -2.45. The number of carbonyl (C=O) groups excluding carboxylic acids is 1. The van der Waals surface area contributed by atoms with E-state index in [4.69, 9.17) is 18.8 Å². The summed E-state index contributed by atoms with van der Waals surface area (Å²) in [5, 5.41) is 3.62. The molecule has 1 aromatic heterocycles. The molecule has 0 radical (unpaired) electrons. The van der Waals surface area contributed by atoms with Gasteiger partial charge in [-0.25, -0.2) is 0 Å². The van der Waals surface area contributed by atoms with Gasteiger partial charge in [0.05, 0.1) is 12.4 Å². The van der Waals surface area contributed by atoms with Crippen molar-refractivity contribution in [3.8, 4) is 11.5 Å². The summed E-state index contributed by atoms with van der Waals surface area (Å²) in [6, 6.07) is 8.84. The maximum absolute atomic E-state index is 13.2. The molecule has 0 fully saturated rings. The Hall–Kier alpha value is -1.94. The van der Waals surface area contributed by atoms with Crippen LogP contribution in [0.1, 0.15) is 16.8 Å². The number of hydrogen-bond acceptors (Lipinski definition) is 7. The summed E-state index contributed by atoms with van der Waals surface area (Å²) >= 11 is 1.45. The summed E-state index contributed by atoms with van der Waals surface area (Å²) in [5.74, 6) is 0.631. The molecule has 0 unspecified atom stereocenters. The van der Waals surface area contributed by atoms with Gasteiger partial charge in [-0.1, -0.05) is 30.3 Å². The summed E-state index contributed by atoms with van der Waals surface area (Å²) in [6.07, 6.45) is 0.128. The molecule has 9 heteroatoms. The molecule has 0 bridgehead atoms. The SMILES string of the molecule is O=C(c1ccccc1)C1(COCCCS(=O)(=O)O)COc2cscc2OC1. The van der Waals surface area contributed by atoms with Crippen LogP contribution >= 0.6 is 11.3 Å². The van der Waals surface area contributed by atoms with Crippen molar-refractivity contribution in [3.63, 3.8) is 0 Å². The van der Waals surface area contributed by atoms with Crippen LogP contribution in [0.4, 0.5) is 0 Å². The van der Waals surface area contributed by atoms with Gasteiger partial charge in [0, 0.05) is 22.9 Å². The maximum atomic E-state index is 13.2. The Balaban J connectivity index is 1.73. The second kappa shape index (κ2) is 8.39. The number of benzene rings is 1. The highest BCUT2D eigenvalue weighted by Crippen LogP contribution is 2.38. The second-order valence-electron chi connectivity index (χ2n) is 6.35. The molecule has 0 aliphatic carbocycles. The molecule has 1 aromatic carbocycles. The van der Waals surface area contributed by atoms with E-state index in [9.17, 15) is 13.2 Å². The monoisotopic (exact) mass is 412 g/mol. The van der Waals surface area contributed by atoms with Crippen LogP contribution in [0.2, 0.25) is 0 Å². The largest absolute Gasteiger partial charge is 0.488 e. The van der Waals surface area contributed by atoms with Crippen LogP contribution in [0.5, 0.6) is 11.5 Å². The van der Waals surface area contributed by atoms with E-state index in [2.05, 4.69) is 0 Å². The highest BCUT2D eigenvalue weighted by Gasteiger charge is 2.43. The summed E-state index contributed by atoms with van der Waals surface area (Å²) in [7, 11) is -4.03. The van der Waals surface area contributed by atoms with Gasteiger partial charge in [-0.05, 0) is 6.42 Å². The molecular weight excluding hydrogens is 392 g/mol. The Bertz CT molecular complexity index is 852. The van der Waals surface area contributed by atoms with Gasteiger partial charge in [0.2, 0.25) is 0 Å². The van der Waals surface area contributed by atoms with Crippen molar-refractivity contribution in [1.82, 2.24) is 0 Å². The molecule has 0 amide bonds. The fourth-order valence-corrected chi connectivity index (χ4v) is 3.91. The third-order valence-corrected chi connectivity index (χ3v) is 5.69. The van der Waals surface area contributed by atoms with E-state index in [1.807, 2.05) is 16.8 Å². The van der Waals surface area contributed by atoms with E-state index in [-0.39, 0.29) is 38.6 Å². The van der Waals surface area contributed by atoms with Gasteiger partial charge >= 0.3 is 0 Å². The fraction of sp³-hybridized carbons (Fsp3) is 0.389. The van der Waals surface area contributed by atoms with Gasteiger partial charge in [-0.15, -0.1) is 11.3 Å². The van der Waals surface area contributed by atoms with Crippen LogP contribution in [0.25, 0.3) is 0 Å². The molecule has 0 atom stereocenters. The number of carbonyl (C=O) groups is 1. The van der Waals surface area contributed by atoms with Crippen LogP contribution in [0.3, 0.4) is 0 Å². The summed E-state index contributed by atoms with van der Waals surface area (Å²) in [4.78, 5) is 13.2. The van der Waals surface area contributed by atoms with Crippen molar-refractivity contribution in [2.75, 3.05) is 32.2 Å². The van der Waals surface area contributed by atoms with E-state index < -0.39 is 21.3 Å². The lowest BCUT2D eigenvalue weighted by Gasteiger charge is -2.29. The minimum absolute atomic E-state index is 0.0138. The first-order chi connectivity index (χ1) is 12.9. The average Bonchev–Trinajstić information content (AvgIpc) is 3.03. The molecule has 2 heterocycles. The van der Waals surface area contributed by atoms with Crippen LogP contribution in [-0.2, 0) is 14.9 Å². The number of Topliss-reactive ketones (excluding diaryl/α,β-unsaturated/α-hetero) is 1. The molecule has 0 spiro atoms. The zero-order chi connectivity index (χ0) is 19.3. The first kappa shape index (κ1) is 19.8. The van der Waals surface area contributed by atoms with Crippen LogP contribution in [0.15, 0.2) is 41.1 Å².